The van der Waals surface area contributed by atoms with Crippen molar-refractivity contribution in [1.29, 1.82) is 0 Å². The summed E-state index contributed by atoms with van der Waals surface area (Å²) in [5, 5.41) is 0.463. The molecule has 0 amide bonds. The van der Waals surface area contributed by atoms with E-state index in [1.165, 1.54) is 11.8 Å². The van der Waals surface area contributed by atoms with Crippen molar-refractivity contribution in [2.24, 2.45) is 0 Å². The number of carbonyl (C=O) groups is 1. The van der Waals surface area contributed by atoms with Crippen LogP contribution in [0.2, 0.25) is 5.15 Å². The van der Waals surface area contributed by atoms with Gasteiger partial charge in [-0.1, -0.05) is 35.2 Å². The van der Waals surface area contributed by atoms with Crippen LogP contribution in [0, 0.1) is 11.8 Å². The molecule has 3 nitrogen and oxygen atoms in total. The van der Waals surface area contributed by atoms with E-state index in [4.69, 9.17) is 17.3 Å². The zero-order valence-corrected chi connectivity index (χ0v) is 10.4. The fourth-order valence-corrected chi connectivity index (χ4v) is 1.61. The van der Waals surface area contributed by atoms with Crippen LogP contribution >= 0.6 is 23.4 Å². The molecule has 1 aromatic rings. The highest BCUT2D eigenvalue weighted by Crippen LogP contribution is 2.13. The SMILES string of the molecule is CC(=O)SCCC#Cc1cnc(Cl)cc1N. The molecule has 1 aromatic heterocycles. The summed E-state index contributed by atoms with van der Waals surface area (Å²) in [7, 11) is 0. The van der Waals surface area contributed by atoms with Gasteiger partial charge in [0.05, 0.1) is 11.3 Å². The monoisotopic (exact) mass is 254 g/mol. The number of rotatable bonds is 2. The molecule has 0 bridgehead atoms. The van der Waals surface area contributed by atoms with E-state index in [1.807, 2.05) is 0 Å². The van der Waals surface area contributed by atoms with Crippen molar-refractivity contribution >= 4 is 34.2 Å². The summed E-state index contributed by atoms with van der Waals surface area (Å²) in [6, 6.07) is 1.57. The number of halogens is 1. The van der Waals surface area contributed by atoms with Gasteiger partial charge in [-0.05, 0) is 6.07 Å². The Hall–Kier alpha value is -1.18. The van der Waals surface area contributed by atoms with Crippen LogP contribution < -0.4 is 5.73 Å². The molecule has 0 spiro atoms. The quantitative estimate of drug-likeness (QED) is 0.500. The average molecular weight is 255 g/mol. The molecule has 0 aliphatic carbocycles. The van der Waals surface area contributed by atoms with Crippen molar-refractivity contribution in [3.8, 4) is 11.8 Å². The van der Waals surface area contributed by atoms with E-state index in [0.717, 1.165) is 0 Å². The fraction of sp³-hybridized carbons (Fsp3) is 0.273. The minimum atomic E-state index is 0.106. The van der Waals surface area contributed by atoms with Crippen LogP contribution in [0.5, 0.6) is 0 Å². The van der Waals surface area contributed by atoms with Crippen molar-refractivity contribution in [3.05, 3.63) is 23.0 Å². The molecule has 0 aliphatic rings. The predicted molar refractivity (Wildman–Crippen MR) is 68.3 cm³/mol. The Labute approximate surface area is 104 Å². The van der Waals surface area contributed by atoms with E-state index in [0.29, 0.717) is 28.6 Å². The lowest BCUT2D eigenvalue weighted by atomic mass is 10.2. The smallest absolute Gasteiger partial charge is 0.185 e. The standard InChI is InChI=1S/C11H11ClN2OS/c1-8(15)16-5-3-2-4-9-7-14-11(12)6-10(9)13/h6-7H,3,5H2,1H3,(H2,13,14). The molecule has 2 N–H and O–H groups in total. The number of hydrogen-bond donors (Lipinski definition) is 1. The zero-order valence-electron chi connectivity index (χ0n) is 8.79. The van der Waals surface area contributed by atoms with E-state index in [1.54, 1.807) is 19.2 Å². The van der Waals surface area contributed by atoms with Crippen LogP contribution in [0.15, 0.2) is 12.3 Å². The summed E-state index contributed by atoms with van der Waals surface area (Å²) in [6.45, 7) is 1.54. The van der Waals surface area contributed by atoms with Gasteiger partial charge in [-0.25, -0.2) is 4.98 Å². The lowest BCUT2D eigenvalue weighted by Crippen LogP contribution is -1.91. The number of nitrogens with zero attached hydrogens (tertiary/aromatic N) is 1. The van der Waals surface area contributed by atoms with Gasteiger partial charge in [0, 0.05) is 25.3 Å². The topological polar surface area (TPSA) is 56.0 Å². The maximum absolute atomic E-state index is 10.6. The van der Waals surface area contributed by atoms with Gasteiger partial charge in [0.15, 0.2) is 5.12 Å². The number of aromatic nitrogens is 1. The minimum Gasteiger partial charge on any atom is -0.398 e. The van der Waals surface area contributed by atoms with Gasteiger partial charge in [-0.15, -0.1) is 0 Å². The molecular weight excluding hydrogens is 244 g/mol. The van der Waals surface area contributed by atoms with Crippen molar-refractivity contribution < 1.29 is 4.79 Å². The van der Waals surface area contributed by atoms with E-state index >= 15 is 0 Å². The maximum Gasteiger partial charge on any atom is 0.185 e. The summed E-state index contributed by atoms with van der Waals surface area (Å²) in [4.78, 5) is 14.5. The molecule has 1 rings (SSSR count). The average Bonchev–Trinajstić information content (AvgIpc) is 2.20. The second-order valence-electron chi connectivity index (χ2n) is 2.99. The Balaban J connectivity index is 2.53. The Kier molecular flexibility index (Phi) is 5.17. The van der Waals surface area contributed by atoms with Gasteiger partial charge in [0.1, 0.15) is 5.15 Å². The predicted octanol–water partition coefficient (Wildman–Crippen LogP) is 2.34. The molecule has 0 aromatic carbocycles. The molecule has 5 heteroatoms. The molecule has 0 aliphatic heterocycles. The molecule has 0 atom stereocenters. The first-order chi connectivity index (χ1) is 7.59. The van der Waals surface area contributed by atoms with E-state index < -0.39 is 0 Å². The van der Waals surface area contributed by atoms with Crippen LogP contribution in [0.4, 0.5) is 5.69 Å². The van der Waals surface area contributed by atoms with Crippen LogP contribution in [0.3, 0.4) is 0 Å². The first-order valence-electron chi connectivity index (χ1n) is 4.63. The number of carbonyl (C=O) groups excluding carboxylic acids is 1. The highest BCUT2D eigenvalue weighted by Gasteiger charge is 1.97. The largest absolute Gasteiger partial charge is 0.398 e. The molecule has 0 fully saturated rings. The van der Waals surface area contributed by atoms with Crippen molar-refractivity contribution in [2.45, 2.75) is 13.3 Å². The van der Waals surface area contributed by atoms with Gasteiger partial charge < -0.3 is 5.73 Å². The van der Waals surface area contributed by atoms with Gasteiger partial charge in [-0.2, -0.15) is 0 Å². The summed E-state index contributed by atoms with van der Waals surface area (Å²) >= 11 is 6.92. The first-order valence-corrected chi connectivity index (χ1v) is 5.99. The summed E-state index contributed by atoms with van der Waals surface area (Å²) in [5.41, 5.74) is 6.88. The third kappa shape index (κ3) is 4.56. The zero-order chi connectivity index (χ0) is 12.0. The van der Waals surface area contributed by atoms with Gasteiger partial charge in [-0.3, -0.25) is 4.79 Å². The normalized spacial score (nSPS) is 9.38. The number of pyridine rings is 1. The Morgan fingerprint density at radius 1 is 1.69 bits per heavy atom. The van der Waals surface area contributed by atoms with Crippen molar-refractivity contribution in [1.82, 2.24) is 4.98 Å². The lowest BCUT2D eigenvalue weighted by molar-refractivity contribution is -0.109. The van der Waals surface area contributed by atoms with Crippen LogP contribution in [0.25, 0.3) is 0 Å². The van der Waals surface area contributed by atoms with Gasteiger partial charge in [0.25, 0.3) is 0 Å². The Morgan fingerprint density at radius 3 is 3.06 bits per heavy atom. The third-order valence-electron chi connectivity index (χ3n) is 1.66. The molecule has 84 valence electrons. The van der Waals surface area contributed by atoms with Gasteiger partial charge in [0.2, 0.25) is 0 Å². The third-order valence-corrected chi connectivity index (χ3v) is 2.68. The number of thioether (sulfide) groups is 1. The van der Waals surface area contributed by atoms with Crippen LogP contribution in [0.1, 0.15) is 18.9 Å². The number of hydrogen-bond acceptors (Lipinski definition) is 4. The number of anilines is 1. The molecular formula is C11H11ClN2OS. The molecule has 1 heterocycles. The highest BCUT2D eigenvalue weighted by molar-refractivity contribution is 8.13. The second-order valence-corrected chi connectivity index (χ2v) is 4.65. The van der Waals surface area contributed by atoms with Crippen molar-refractivity contribution in [2.75, 3.05) is 11.5 Å². The minimum absolute atomic E-state index is 0.106. The second kappa shape index (κ2) is 6.41. The van der Waals surface area contributed by atoms with Gasteiger partial charge >= 0.3 is 0 Å². The maximum atomic E-state index is 10.6. The molecule has 0 saturated heterocycles. The summed E-state index contributed by atoms with van der Waals surface area (Å²) in [6.07, 6.45) is 2.19. The first kappa shape index (κ1) is 12.9. The summed E-state index contributed by atoms with van der Waals surface area (Å²) in [5.74, 6) is 6.52. The molecule has 0 saturated carbocycles. The van der Waals surface area contributed by atoms with Crippen LogP contribution in [-0.2, 0) is 4.79 Å². The Bertz CT molecular complexity index is 451. The van der Waals surface area contributed by atoms with E-state index in [2.05, 4.69) is 16.8 Å². The van der Waals surface area contributed by atoms with E-state index in [-0.39, 0.29) is 5.12 Å². The number of nitrogen functional groups attached to an aromatic ring is 1. The van der Waals surface area contributed by atoms with Crippen molar-refractivity contribution in [3.63, 3.8) is 0 Å². The van der Waals surface area contributed by atoms with E-state index in [9.17, 15) is 4.79 Å². The molecule has 0 radical (unpaired) electrons. The highest BCUT2D eigenvalue weighted by atomic mass is 35.5. The molecule has 16 heavy (non-hydrogen) atoms. The molecule has 0 unspecified atom stereocenters. The van der Waals surface area contributed by atoms with Crippen LogP contribution in [-0.4, -0.2) is 15.9 Å². The lowest BCUT2D eigenvalue weighted by Gasteiger charge is -1.96. The Morgan fingerprint density at radius 2 is 2.44 bits per heavy atom. The number of nitrogens with two attached hydrogens (primary N) is 1. The fourth-order valence-electron chi connectivity index (χ4n) is 0.952. The summed E-state index contributed by atoms with van der Waals surface area (Å²) < 4.78 is 0.